The molecule has 0 unspecified atom stereocenters. The van der Waals surface area contributed by atoms with Crippen LogP contribution < -0.4 is 26.2 Å². The van der Waals surface area contributed by atoms with Crippen LogP contribution in [-0.2, 0) is 10.8 Å². The number of rotatable bonds is 2. The van der Waals surface area contributed by atoms with Crippen molar-refractivity contribution in [1.82, 2.24) is 0 Å². The van der Waals surface area contributed by atoms with E-state index in [0.29, 0.717) is 0 Å². The summed E-state index contributed by atoms with van der Waals surface area (Å²) in [5.74, 6) is 1.74. The van der Waals surface area contributed by atoms with Crippen LogP contribution >= 0.6 is 0 Å². The van der Waals surface area contributed by atoms with E-state index in [-0.39, 0.29) is 17.5 Å². The average Bonchev–Trinajstić information content (AvgIpc) is 3.94. The third-order valence-electron chi connectivity index (χ3n) is 13.9. The molecule has 0 radical (unpaired) electrons. The summed E-state index contributed by atoms with van der Waals surface area (Å²) in [6, 6.07) is 53.4. The molecule has 4 nitrogen and oxygen atoms in total. The van der Waals surface area contributed by atoms with Crippen molar-refractivity contribution in [2.45, 2.75) is 45.4 Å². The lowest BCUT2D eigenvalue weighted by atomic mass is 9.33. The Morgan fingerprint density at radius 3 is 1.31 bits per heavy atom. The largest absolute Gasteiger partial charge is 0.440 e. The molecule has 0 N–H and O–H groups in total. The van der Waals surface area contributed by atoms with Crippen LogP contribution in [0.5, 0.6) is 0 Å². The molecular formula is C53H39BN2O2. The summed E-state index contributed by atoms with van der Waals surface area (Å²) in [5, 5.41) is 2.29. The molecule has 0 fully saturated rings. The molecule has 0 saturated carbocycles. The predicted octanol–water partition coefficient (Wildman–Crippen LogP) is 12.2. The molecule has 4 heterocycles. The van der Waals surface area contributed by atoms with E-state index in [1.807, 2.05) is 0 Å². The molecule has 5 heteroatoms. The van der Waals surface area contributed by atoms with Crippen molar-refractivity contribution in [3.8, 4) is 22.3 Å². The fourth-order valence-corrected chi connectivity index (χ4v) is 11.3. The maximum absolute atomic E-state index is 7.49. The minimum absolute atomic E-state index is 0.154. The second kappa shape index (κ2) is 10.8. The average molecular weight is 747 g/mol. The highest BCUT2D eigenvalue weighted by Crippen LogP contribution is 2.56. The molecule has 9 aromatic rings. The van der Waals surface area contributed by atoms with Gasteiger partial charge in [0.25, 0.3) is 6.71 Å². The first-order valence-electron chi connectivity index (χ1n) is 20.5. The fourth-order valence-electron chi connectivity index (χ4n) is 11.3. The van der Waals surface area contributed by atoms with E-state index in [1.165, 1.54) is 66.5 Å². The monoisotopic (exact) mass is 746 g/mol. The van der Waals surface area contributed by atoms with Crippen LogP contribution in [0.25, 0.3) is 44.2 Å². The predicted molar refractivity (Wildman–Crippen MR) is 240 cm³/mol. The Labute approximate surface area is 338 Å². The summed E-state index contributed by atoms with van der Waals surface area (Å²) in [6.07, 6.45) is 0. The molecule has 0 atom stereocenters. The minimum atomic E-state index is -0.163. The first kappa shape index (κ1) is 32.4. The second-order valence-corrected chi connectivity index (χ2v) is 17.7. The molecule has 0 bridgehead atoms. The zero-order valence-corrected chi connectivity index (χ0v) is 33.1. The van der Waals surface area contributed by atoms with Crippen molar-refractivity contribution < 1.29 is 8.83 Å². The van der Waals surface area contributed by atoms with E-state index in [4.69, 9.17) is 8.83 Å². The molecule has 2 aromatic heterocycles. The molecule has 0 spiro atoms. The van der Waals surface area contributed by atoms with E-state index < -0.39 is 0 Å². The van der Waals surface area contributed by atoms with Crippen molar-refractivity contribution in [3.05, 3.63) is 173 Å². The summed E-state index contributed by atoms with van der Waals surface area (Å²) in [7, 11) is 0. The SMILES string of the molecule is Cc1cc2c3c(c1)N(c1ccccc1)c1oc4c5c(ccc4c1B3c1c(oc3c4c(ccc13)C(C)(C)c1ccccc1-4)N2c1ccccc1)C(C)(C)c1ccccc1-5. The van der Waals surface area contributed by atoms with E-state index in [9.17, 15) is 0 Å². The third-order valence-corrected chi connectivity index (χ3v) is 13.9. The summed E-state index contributed by atoms with van der Waals surface area (Å²) in [5.41, 5.74) is 21.0. The van der Waals surface area contributed by atoms with Crippen molar-refractivity contribution in [3.63, 3.8) is 0 Å². The highest BCUT2D eigenvalue weighted by atomic mass is 16.4. The molecule has 276 valence electrons. The maximum atomic E-state index is 7.49. The van der Waals surface area contributed by atoms with Gasteiger partial charge in [0, 0.05) is 66.4 Å². The lowest BCUT2D eigenvalue weighted by Gasteiger charge is -2.40. The molecule has 58 heavy (non-hydrogen) atoms. The number of aryl methyl sites for hydroxylation is 1. The van der Waals surface area contributed by atoms with Gasteiger partial charge in [-0.25, -0.2) is 0 Å². The van der Waals surface area contributed by atoms with Gasteiger partial charge in [0.1, 0.15) is 11.2 Å². The number of anilines is 6. The smallest absolute Gasteiger partial charge is 0.262 e. The van der Waals surface area contributed by atoms with Gasteiger partial charge in [-0.05, 0) is 87.7 Å². The number of nitrogens with zero attached hydrogens (tertiary/aromatic N) is 2. The number of hydrogen-bond donors (Lipinski definition) is 0. The van der Waals surface area contributed by atoms with Crippen molar-refractivity contribution in [2.75, 3.05) is 9.80 Å². The number of benzene rings is 7. The lowest BCUT2D eigenvalue weighted by Crippen LogP contribution is -2.60. The molecule has 4 aliphatic rings. The number of furan rings is 2. The van der Waals surface area contributed by atoms with Gasteiger partial charge in [-0.2, -0.15) is 0 Å². The van der Waals surface area contributed by atoms with Gasteiger partial charge >= 0.3 is 0 Å². The number of hydrogen-bond acceptors (Lipinski definition) is 4. The number of fused-ring (bicyclic) bond motifs is 16. The van der Waals surface area contributed by atoms with E-state index in [1.54, 1.807) is 0 Å². The van der Waals surface area contributed by atoms with Crippen molar-refractivity contribution >= 4 is 79.6 Å². The van der Waals surface area contributed by atoms with Crippen LogP contribution in [0.4, 0.5) is 34.5 Å². The van der Waals surface area contributed by atoms with Gasteiger partial charge in [0.2, 0.25) is 11.8 Å². The Morgan fingerprint density at radius 1 is 0.448 bits per heavy atom. The first-order chi connectivity index (χ1) is 28.2. The van der Waals surface area contributed by atoms with Gasteiger partial charge in [0.05, 0.1) is 0 Å². The zero-order valence-electron chi connectivity index (χ0n) is 33.1. The highest BCUT2D eigenvalue weighted by molar-refractivity contribution is 7.02. The van der Waals surface area contributed by atoms with Crippen LogP contribution in [-0.4, -0.2) is 6.71 Å². The first-order valence-corrected chi connectivity index (χ1v) is 20.5. The summed E-state index contributed by atoms with van der Waals surface area (Å²) in [6.45, 7) is 11.4. The molecule has 0 saturated heterocycles. The molecule has 2 aliphatic carbocycles. The summed E-state index contributed by atoms with van der Waals surface area (Å²) < 4.78 is 15.0. The van der Waals surface area contributed by atoms with Gasteiger partial charge in [-0.1, -0.05) is 137 Å². The Balaban J connectivity index is 1.20. The Kier molecular flexibility index (Phi) is 6.04. The standard InChI is InChI=1S/C53H39BN2O2/c1-30-28-41-47-42(29-30)56(32-18-10-7-11-19-32)51-46(36-25-27-40-44(49(36)58-51)34-21-13-15-23-38(34)53(40,4)5)54(47)45-35-24-26-39-43(33-20-12-14-22-37(33)52(39,2)3)48(35)57-50(45)55(41)31-16-8-6-9-17-31/h6-29H,1-5H3. The topological polar surface area (TPSA) is 32.8 Å². The van der Waals surface area contributed by atoms with E-state index in [2.05, 4.69) is 190 Å². The highest BCUT2D eigenvalue weighted by Gasteiger charge is 2.50. The van der Waals surface area contributed by atoms with Crippen LogP contribution in [0, 0.1) is 6.92 Å². The minimum Gasteiger partial charge on any atom is -0.440 e. The molecular weight excluding hydrogens is 707 g/mol. The Bertz CT molecular complexity index is 3050. The van der Waals surface area contributed by atoms with Crippen LogP contribution in [0.15, 0.2) is 154 Å². The molecule has 2 aliphatic heterocycles. The third kappa shape index (κ3) is 3.83. The van der Waals surface area contributed by atoms with Crippen LogP contribution in [0.2, 0.25) is 0 Å². The fraction of sp³-hybridized carbons (Fsp3) is 0.132. The number of para-hydroxylation sites is 2. The van der Waals surface area contributed by atoms with Crippen molar-refractivity contribution in [1.29, 1.82) is 0 Å². The Morgan fingerprint density at radius 2 is 0.862 bits per heavy atom. The summed E-state index contributed by atoms with van der Waals surface area (Å²) >= 11 is 0. The van der Waals surface area contributed by atoms with Crippen LogP contribution in [0.1, 0.15) is 55.5 Å². The quantitative estimate of drug-likeness (QED) is 0.165. The second-order valence-electron chi connectivity index (χ2n) is 17.7. The Hall–Kier alpha value is -6.72. The van der Waals surface area contributed by atoms with Crippen LogP contribution in [0.3, 0.4) is 0 Å². The molecule has 0 amide bonds. The van der Waals surface area contributed by atoms with E-state index >= 15 is 0 Å². The van der Waals surface area contributed by atoms with Gasteiger partial charge in [-0.15, -0.1) is 0 Å². The van der Waals surface area contributed by atoms with Gasteiger partial charge in [-0.3, -0.25) is 9.80 Å². The van der Waals surface area contributed by atoms with Crippen molar-refractivity contribution in [2.24, 2.45) is 0 Å². The molecule has 13 rings (SSSR count). The zero-order chi connectivity index (χ0) is 38.8. The normalized spacial score (nSPS) is 15.8. The summed E-state index contributed by atoms with van der Waals surface area (Å²) in [4.78, 5) is 4.76. The molecule has 7 aromatic carbocycles. The van der Waals surface area contributed by atoms with E-state index in [0.717, 1.165) is 56.5 Å². The van der Waals surface area contributed by atoms with Gasteiger partial charge < -0.3 is 8.83 Å². The van der Waals surface area contributed by atoms with Gasteiger partial charge in [0.15, 0.2) is 0 Å². The maximum Gasteiger partial charge on any atom is 0.262 e. The lowest BCUT2D eigenvalue weighted by molar-refractivity contribution is 0.619.